The number of hydrogen-bond acceptors (Lipinski definition) is 2. The zero-order chi connectivity index (χ0) is 9.14. The molecule has 0 unspecified atom stereocenters. The molecule has 0 saturated carbocycles. The molecule has 0 N–H and O–H groups in total. The van der Waals surface area contributed by atoms with E-state index in [1.807, 2.05) is 0 Å². The van der Waals surface area contributed by atoms with Crippen LogP contribution in [-0.4, -0.2) is 4.92 Å². The van der Waals surface area contributed by atoms with E-state index in [1.165, 1.54) is 18.2 Å². The molecule has 59 valence electrons. The minimum absolute atomic E-state index is 0.00431. The fourth-order valence-electron chi connectivity index (χ4n) is 0.812. The predicted molar refractivity (Wildman–Crippen MR) is 45.5 cm³/mol. The average Bonchev–Trinajstić information content (AvgIpc) is 2.05. The molecule has 1 aromatic carbocycles. The Hall–Kier alpha value is -1.82. The van der Waals surface area contributed by atoms with Gasteiger partial charge < -0.3 is 0 Å². The van der Waals surface area contributed by atoms with E-state index in [0.29, 0.717) is 11.1 Å². The third-order valence-corrected chi connectivity index (χ3v) is 1.46. The van der Waals surface area contributed by atoms with Gasteiger partial charge in [-0.25, -0.2) is 0 Å². The van der Waals surface area contributed by atoms with Gasteiger partial charge in [-0.15, -0.1) is 6.42 Å². The zero-order valence-corrected chi connectivity index (χ0v) is 6.28. The molecule has 0 atom stereocenters. The maximum atomic E-state index is 10.3. The Morgan fingerprint density at radius 2 is 2.25 bits per heavy atom. The summed E-state index contributed by atoms with van der Waals surface area (Å²) in [6.45, 7) is 3.63. The van der Waals surface area contributed by atoms with Crippen LogP contribution >= 0.6 is 0 Å². The van der Waals surface area contributed by atoms with Crippen molar-refractivity contribution in [3.8, 4) is 12.3 Å². The summed E-state index contributed by atoms with van der Waals surface area (Å²) in [7, 11) is 0. The van der Waals surface area contributed by atoms with Gasteiger partial charge >= 0.3 is 0 Å². The van der Waals surface area contributed by atoms with Crippen molar-refractivity contribution in [1.29, 1.82) is 0 Å². The van der Waals surface area contributed by atoms with E-state index in [0.717, 1.165) is 0 Å². The molecular formula is C9H6NO2. The smallest absolute Gasteiger partial charge is 0.258 e. The van der Waals surface area contributed by atoms with Gasteiger partial charge in [0.15, 0.2) is 0 Å². The van der Waals surface area contributed by atoms with Crippen LogP contribution in [0.25, 0.3) is 0 Å². The molecule has 1 aromatic rings. The van der Waals surface area contributed by atoms with Gasteiger partial charge in [-0.1, -0.05) is 12.0 Å². The van der Waals surface area contributed by atoms with Crippen molar-refractivity contribution < 1.29 is 4.92 Å². The first-order valence-electron chi connectivity index (χ1n) is 3.22. The SMILES string of the molecule is C#Cc1cc([N+](=O)[O-])ccc1[CH2]. The molecule has 1 radical (unpaired) electrons. The predicted octanol–water partition coefficient (Wildman–Crippen LogP) is 1.76. The number of nitrogens with zero attached hydrogens (tertiary/aromatic N) is 1. The van der Waals surface area contributed by atoms with Crippen molar-refractivity contribution in [2.75, 3.05) is 0 Å². The quantitative estimate of drug-likeness (QED) is 0.357. The first-order valence-corrected chi connectivity index (χ1v) is 3.22. The van der Waals surface area contributed by atoms with Gasteiger partial charge in [0, 0.05) is 17.7 Å². The second-order valence-electron chi connectivity index (χ2n) is 2.24. The van der Waals surface area contributed by atoms with E-state index in [1.54, 1.807) is 0 Å². The Kier molecular flexibility index (Phi) is 2.11. The van der Waals surface area contributed by atoms with Gasteiger partial charge in [-0.3, -0.25) is 10.1 Å². The van der Waals surface area contributed by atoms with Crippen LogP contribution in [0.1, 0.15) is 11.1 Å². The summed E-state index contributed by atoms with van der Waals surface area (Å²) in [5.41, 5.74) is 1.09. The second kappa shape index (κ2) is 3.05. The highest BCUT2D eigenvalue weighted by molar-refractivity contribution is 5.48. The van der Waals surface area contributed by atoms with E-state index in [9.17, 15) is 10.1 Å². The lowest BCUT2D eigenvalue weighted by Crippen LogP contribution is -1.90. The summed E-state index contributed by atoms with van der Waals surface area (Å²) in [6, 6.07) is 4.25. The molecule has 0 amide bonds. The van der Waals surface area contributed by atoms with Crippen LogP contribution in [0.4, 0.5) is 5.69 Å². The van der Waals surface area contributed by atoms with E-state index >= 15 is 0 Å². The Balaban J connectivity index is 3.25. The summed E-state index contributed by atoms with van der Waals surface area (Å²) < 4.78 is 0. The normalized spacial score (nSPS) is 9.00. The molecule has 0 aliphatic heterocycles. The summed E-state index contributed by atoms with van der Waals surface area (Å²) in [5, 5.41) is 10.3. The van der Waals surface area contributed by atoms with Crippen LogP contribution in [0.15, 0.2) is 18.2 Å². The van der Waals surface area contributed by atoms with E-state index in [2.05, 4.69) is 12.8 Å². The molecular weight excluding hydrogens is 154 g/mol. The third kappa shape index (κ3) is 1.43. The monoisotopic (exact) mass is 160 g/mol. The summed E-state index contributed by atoms with van der Waals surface area (Å²) >= 11 is 0. The number of benzene rings is 1. The minimum atomic E-state index is -0.486. The van der Waals surface area contributed by atoms with Gasteiger partial charge in [-0.2, -0.15) is 0 Å². The van der Waals surface area contributed by atoms with Crippen molar-refractivity contribution in [3.63, 3.8) is 0 Å². The average molecular weight is 160 g/mol. The van der Waals surface area contributed by atoms with Crippen LogP contribution in [0, 0.1) is 29.4 Å². The van der Waals surface area contributed by atoms with Gasteiger partial charge in [-0.05, 0) is 12.5 Å². The molecule has 0 bridgehead atoms. The topological polar surface area (TPSA) is 43.1 Å². The largest absolute Gasteiger partial charge is 0.270 e. The summed E-state index contributed by atoms with van der Waals surface area (Å²) in [4.78, 5) is 9.81. The highest BCUT2D eigenvalue weighted by Crippen LogP contribution is 2.15. The third-order valence-electron chi connectivity index (χ3n) is 1.46. The molecule has 0 fully saturated rings. The van der Waals surface area contributed by atoms with Crippen LogP contribution < -0.4 is 0 Å². The Labute approximate surface area is 70.2 Å². The van der Waals surface area contributed by atoms with Crippen molar-refractivity contribution >= 4 is 5.69 Å². The van der Waals surface area contributed by atoms with Crippen molar-refractivity contribution in [1.82, 2.24) is 0 Å². The highest BCUT2D eigenvalue weighted by Gasteiger charge is 2.06. The highest BCUT2D eigenvalue weighted by atomic mass is 16.6. The van der Waals surface area contributed by atoms with Crippen LogP contribution in [0.3, 0.4) is 0 Å². The molecule has 0 spiro atoms. The molecule has 3 heteroatoms. The van der Waals surface area contributed by atoms with E-state index < -0.39 is 4.92 Å². The molecule has 0 aliphatic rings. The molecule has 3 nitrogen and oxygen atoms in total. The molecule has 0 heterocycles. The standard InChI is InChI=1S/C9H6NO2/c1-3-8-6-9(10(11)12)5-4-7(8)2/h1,4-6H,2H2. The number of nitro benzene ring substituents is 1. The Morgan fingerprint density at radius 1 is 1.58 bits per heavy atom. The van der Waals surface area contributed by atoms with E-state index in [4.69, 9.17) is 6.42 Å². The maximum absolute atomic E-state index is 10.3. The first-order chi connectivity index (χ1) is 5.65. The Bertz CT molecular complexity index is 363. The Morgan fingerprint density at radius 3 is 2.75 bits per heavy atom. The van der Waals surface area contributed by atoms with Gasteiger partial charge in [0.2, 0.25) is 0 Å². The van der Waals surface area contributed by atoms with Gasteiger partial charge in [0.1, 0.15) is 0 Å². The lowest BCUT2D eigenvalue weighted by atomic mass is 10.1. The van der Waals surface area contributed by atoms with Crippen LogP contribution in [-0.2, 0) is 0 Å². The van der Waals surface area contributed by atoms with Gasteiger partial charge in [0.05, 0.1) is 4.92 Å². The van der Waals surface area contributed by atoms with E-state index in [-0.39, 0.29) is 5.69 Å². The number of hydrogen-bond donors (Lipinski definition) is 0. The molecule has 0 aliphatic carbocycles. The fourth-order valence-corrected chi connectivity index (χ4v) is 0.812. The molecule has 1 rings (SSSR count). The minimum Gasteiger partial charge on any atom is -0.258 e. The maximum Gasteiger partial charge on any atom is 0.270 e. The first kappa shape index (κ1) is 8.28. The lowest BCUT2D eigenvalue weighted by Gasteiger charge is -1.96. The van der Waals surface area contributed by atoms with Crippen LogP contribution in [0.5, 0.6) is 0 Å². The van der Waals surface area contributed by atoms with Crippen molar-refractivity contribution in [3.05, 3.63) is 46.4 Å². The number of rotatable bonds is 1. The van der Waals surface area contributed by atoms with Crippen LogP contribution in [0.2, 0.25) is 0 Å². The molecule has 0 aromatic heterocycles. The fraction of sp³-hybridized carbons (Fsp3) is 0. The second-order valence-corrected chi connectivity index (χ2v) is 2.24. The number of non-ortho nitro benzene ring substituents is 1. The zero-order valence-electron chi connectivity index (χ0n) is 6.28. The lowest BCUT2D eigenvalue weighted by molar-refractivity contribution is -0.384. The summed E-state index contributed by atoms with van der Waals surface area (Å²) in [5.74, 6) is 2.32. The molecule has 0 saturated heterocycles. The molecule has 12 heavy (non-hydrogen) atoms. The number of nitro groups is 1. The number of terminal acetylenes is 1. The summed E-state index contributed by atoms with van der Waals surface area (Å²) in [6.07, 6.45) is 5.11. The van der Waals surface area contributed by atoms with Crippen molar-refractivity contribution in [2.45, 2.75) is 0 Å². The van der Waals surface area contributed by atoms with Gasteiger partial charge in [0.25, 0.3) is 5.69 Å². The van der Waals surface area contributed by atoms with Crippen molar-refractivity contribution in [2.24, 2.45) is 0 Å².